The maximum atomic E-state index is 6.45. The van der Waals surface area contributed by atoms with Crippen molar-refractivity contribution in [1.29, 1.82) is 0 Å². The molecule has 0 spiro atoms. The highest BCUT2D eigenvalue weighted by molar-refractivity contribution is 7.12. The Hall–Kier alpha value is -0.500. The van der Waals surface area contributed by atoms with Gasteiger partial charge >= 0.3 is 0 Å². The van der Waals surface area contributed by atoms with Crippen molar-refractivity contribution < 1.29 is 0 Å². The van der Waals surface area contributed by atoms with Gasteiger partial charge in [-0.25, -0.2) is 0 Å². The van der Waals surface area contributed by atoms with Crippen LogP contribution in [0.2, 0.25) is 5.02 Å². The van der Waals surface area contributed by atoms with Crippen molar-refractivity contribution in [2.75, 3.05) is 0 Å². The first kappa shape index (κ1) is 12.9. The van der Waals surface area contributed by atoms with Crippen LogP contribution in [-0.2, 0) is 6.42 Å². The number of alkyl halides is 1. The minimum absolute atomic E-state index is 0.00676. The summed E-state index contributed by atoms with van der Waals surface area (Å²) in [5.41, 5.74) is 2.42. The molecule has 0 fully saturated rings. The smallest absolute Gasteiger partial charge is 0.0719 e. The van der Waals surface area contributed by atoms with E-state index < -0.39 is 0 Å². The van der Waals surface area contributed by atoms with E-state index in [-0.39, 0.29) is 5.38 Å². The topological polar surface area (TPSA) is 0 Å². The van der Waals surface area contributed by atoms with E-state index in [1.54, 1.807) is 11.3 Å². The van der Waals surface area contributed by atoms with Crippen LogP contribution in [0.3, 0.4) is 0 Å². The Morgan fingerprint density at radius 1 is 1.24 bits per heavy atom. The molecule has 1 aromatic heterocycles. The zero-order valence-electron chi connectivity index (χ0n) is 9.84. The Labute approximate surface area is 116 Å². The second-order valence-electron chi connectivity index (χ2n) is 4.15. The van der Waals surface area contributed by atoms with Crippen molar-refractivity contribution in [3.63, 3.8) is 0 Å². The Morgan fingerprint density at radius 2 is 1.94 bits per heavy atom. The lowest BCUT2D eigenvalue weighted by Crippen LogP contribution is -1.94. The molecule has 3 heteroatoms. The van der Waals surface area contributed by atoms with Crippen LogP contribution in [0.25, 0.3) is 0 Å². The van der Waals surface area contributed by atoms with Gasteiger partial charge in [0, 0.05) is 14.8 Å². The molecule has 1 heterocycles. The summed E-state index contributed by atoms with van der Waals surface area (Å²) in [6.45, 7) is 4.25. The molecule has 0 N–H and O–H groups in total. The molecule has 2 rings (SSSR count). The summed E-state index contributed by atoms with van der Waals surface area (Å²) in [4.78, 5) is 2.56. The largest absolute Gasteiger partial charge is 0.144 e. The van der Waals surface area contributed by atoms with E-state index in [1.807, 2.05) is 24.3 Å². The Balaban J connectivity index is 2.17. The molecular formula is C14H14Cl2S. The minimum atomic E-state index is 0.00676. The van der Waals surface area contributed by atoms with Gasteiger partial charge in [-0.2, -0.15) is 0 Å². The van der Waals surface area contributed by atoms with E-state index in [0.717, 1.165) is 17.0 Å². The molecule has 0 aliphatic heterocycles. The van der Waals surface area contributed by atoms with Gasteiger partial charge in [0.2, 0.25) is 0 Å². The van der Waals surface area contributed by atoms with Crippen molar-refractivity contribution in [2.24, 2.45) is 0 Å². The van der Waals surface area contributed by atoms with Crippen LogP contribution < -0.4 is 0 Å². The fourth-order valence-electron chi connectivity index (χ4n) is 1.71. The van der Waals surface area contributed by atoms with E-state index in [1.165, 1.54) is 15.3 Å². The third-order valence-electron chi connectivity index (χ3n) is 2.85. The van der Waals surface area contributed by atoms with Crippen LogP contribution in [0.1, 0.15) is 26.3 Å². The van der Waals surface area contributed by atoms with E-state index in [4.69, 9.17) is 23.2 Å². The first-order chi connectivity index (χ1) is 8.08. The number of hydrogen-bond donors (Lipinski definition) is 0. The molecule has 0 saturated heterocycles. The molecule has 17 heavy (non-hydrogen) atoms. The summed E-state index contributed by atoms with van der Waals surface area (Å²) in [5, 5.41) is 0.801. The maximum Gasteiger partial charge on any atom is 0.0719 e. The first-order valence-electron chi connectivity index (χ1n) is 5.52. The van der Waals surface area contributed by atoms with Crippen LogP contribution in [0.5, 0.6) is 0 Å². The standard InChI is InChI=1S/C14H14Cl2S/c1-9-7-14(17-10(9)2)13(16)8-11-5-3-4-6-12(11)15/h3-7,13H,8H2,1-2H3. The summed E-state index contributed by atoms with van der Waals surface area (Å²) in [6, 6.07) is 10.1. The van der Waals surface area contributed by atoms with Crippen molar-refractivity contribution in [3.05, 3.63) is 56.2 Å². The zero-order valence-corrected chi connectivity index (χ0v) is 12.2. The molecule has 1 atom stereocenters. The van der Waals surface area contributed by atoms with Crippen LogP contribution in [0.15, 0.2) is 30.3 Å². The molecule has 0 amide bonds. The van der Waals surface area contributed by atoms with Crippen molar-refractivity contribution in [3.8, 4) is 0 Å². The molecule has 0 saturated carbocycles. The first-order valence-corrected chi connectivity index (χ1v) is 7.15. The Morgan fingerprint density at radius 3 is 2.53 bits per heavy atom. The molecule has 0 radical (unpaired) electrons. The number of hydrogen-bond acceptors (Lipinski definition) is 1. The number of benzene rings is 1. The lowest BCUT2D eigenvalue weighted by molar-refractivity contribution is 0.939. The zero-order chi connectivity index (χ0) is 12.4. The lowest BCUT2D eigenvalue weighted by Gasteiger charge is -2.08. The summed E-state index contributed by atoms with van der Waals surface area (Å²) in [7, 11) is 0. The van der Waals surface area contributed by atoms with Gasteiger partial charge in [-0.15, -0.1) is 22.9 Å². The third-order valence-corrected chi connectivity index (χ3v) is 5.00. The van der Waals surface area contributed by atoms with Crippen molar-refractivity contribution >= 4 is 34.5 Å². The number of halogens is 2. The van der Waals surface area contributed by atoms with Gasteiger partial charge < -0.3 is 0 Å². The SMILES string of the molecule is Cc1cc(C(Cl)Cc2ccccc2Cl)sc1C. The summed E-state index contributed by atoms with van der Waals surface area (Å²) in [5.74, 6) is 0. The van der Waals surface area contributed by atoms with Crippen LogP contribution in [0, 0.1) is 13.8 Å². The second-order valence-corrected chi connectivity index (χ2v) is 6.37. The number of aryl methyl sites for hydroxylation is 2. The number of rotatable bonds is 3. The van der Waals surface area contributed by atoms with Crippen LogP contribution in [-0.4, -0.2) is 0 Å². The molecule has 2 aromatic rings. The summed E-state index contributed by atoms with van der Waals surface area (Å²) in [6.07, 6.45) is 0.778. The predicted molar refractivity (Wildman–Crippen MR) is 77.5 cm³/mol. The summed E-state index contributed by atoms with van der Waals surface area (Å²) < 4.78 is 0. The van der Waals surface area contributed by atoms with E-state index in [0.29, 0.717) is 0 Å². The molecule has 0 bridgehead atoms. The van der Waals surface area contributed by atoms with Gasteiger partial charge in [0.15, 0.2) is 0 Å². The highest BCUT2D eigenvalue weighted by atomic mass is 35.5. The summed E-state index contributed by atoms with van der Waals surface area (Å²) >= 11 is 14.4. The van der Waals surface area contributed by atoms with Gasteiger partial charge in [-0.05, 0) is 43.5 Å². The molecule has 0 aliphatic rings. The van der Waals surface area contributed by atoms with Crippen molar-refractivity contribution in [2.45, 2.75) is 25.6 Å². The van der Waals surface area contributed by atoms with E-state index >= 15 is 0 Å². The van der Waals surface area contributed by atoms with E-state index in [2.05, 4.69) is 19.9 Å². The van der Waals surface area contributed by atoms with E-state index in [9.17, 15) is 0 Å². The van der Waals surface area contributed by atoms with Gasteiger partial charge in [0.25, 0.3) is 0 Å². The fraction of sp³-hybridized carbons (Fsp3) is 0.286. The molecule has 90 valence electrons. The van der Waals surface area contributed by atoms with Crippen molar-refractivity contribution in [1.82, 2.24) is 0 Å². The maximum absolute atomic E-state index is 6.45. The quantitative estimate of drug-likeness (QED) is 0.649. The average molecular weight is 285 g/mol. The van der Waals surface area contributed by atoms with Gasteiger partial charge in [0.1, 0.15) is 0 Å². The van der Waals surface area contributed by atoms with Gasteiger partial charge in [-0.3, -0.25) is 0 Å². The third kappa shape index (κ3) is 3.04. The predicted octanol–water partition coefficient (Wildman–Crippen LogP) is 5.54. The molecule has 1 aromatic carbocycles. The number of thiophene rings is 1. The van der Waals surface area contributed by atoms with Gasteiger partial charge in [0.05, 0.1) is 5.38 Å². The molecule has 0 nitrogen and oxygen atoms in total. The Bertz CT molecular complexity index is 497. The average Bonchev–Trinajstić information content (AvgIpc) is 2.63. The molecular weight excluding hydrogens is 271 g/mol. The lowest BCUT2D eigenvalue weighted by atomic mass is 10.1. The normalized spacial score (nSPS) is 12.7. The van der Waals surface area contributed by atoms with Gasteiger partial charge in [-0.1, -0.05) is 29.8 Å². The van der Waals surface area contributed by atoms with Crippen LogP contribution >= 0.6 is 34.5 Å². The molecule has 0 aliphatic carbocycles. The highest BCUT2D eigenvalue weighted by Crippen LogP contribution is 2.34. The fourth-order valence-corrected chi connectivity index (χ4v) is 3.31. The second kappa shape index (κ2) is 5.43. The Kier molecular flexibility index (Phi) is 4.13. The minimum Gasteiger partial charge on any atom is -0.144 e. The molecule has 1 unspecified atom stereocenters. The highest BCUT2D eigenvalue weighted by Gasteiger charge is 2.14. The monoisotopic (exact) mass is 284 g/mol. The van der Waals surface area contributed by atoms with Crippen LogP contribution in [0.4, 0.5) is 0 Å².